The van der Waals surface area contributed by atoms with Gasteiger partial charge in [0.15, 0.2) is 11.2 Å². The lowest BCUT2D eigenvalue weighted by Gasteiger charge is -2.34. The van der Waals surface area contributed by atoms with Crippen LogP contribution in [0.25, 0.3) is 0 Å². The fourth-order valence-electron chi connectivity index (χ4n) is 2.65. The first-order valence-corrected chi connectivity index (χ1v) is 10.9. The minimum Gasteiger partial charge on any atom is -0.480 e. The minimum atomic E-state index is -1.61. The molecule has 0 saturated carbocycles. The number of anilines is 2. The number of ether oxygens (including phenoxy) is 2. The number of hydrogen-bond donors (Lipinski definition) is 1. The fourth-order valence-corrected chi connectivity index (χ4v) is 3.32. The lowest BCUT2D eigenvalue weighted by molar-refractivity contribution is -0.142. The number of carbonyl (C=O) groups is 3. The van der Waals surface area contributed by atoms with Crippen molar-refractivity contribution >= 4 is 40.3 Å². The van der Waals surface area contributed by atoms with Crippen molar-refractivity contribution < 1.29 is 29.0 Å². The van der Waals surface area contributed by atoms with Crippen LogP contribution in [0.3, 0.4) is 0 Å². The third-order valence-electron chi connectivity index (χ3n) is 3.85. The maximum atomic E-state index is 12.9. The highest BCUT2D eigenvalue weighted by molar-refractivity contribution is 7.13. The average molecular weight is 464 g/mol. The number of hydrogen-bond acceptors (Lipinski definition) is 8. The third-order valence-corrected chi connectivity index (χ3v) is 4.65. The molecule has 1 unspecified atom stereocenters. The number of aromatic nitrogens is 1. The molecule has 1 heterocycles. The van der Waals surface area contributed by atoms with Gasteiger partial charge in [0, 0.05) is 17.3 Å². The van der Waals surface area contributed by atoms with Crippen LogP contribution < -0.4 is 4.90 Å². The van der Waals surface area contributed by atoms with E-state index < -0.39 is 35.4 Å². The van der Waals surface area contributed by atoms with Gasteiger partial charge in [0.1, 0.15) is 11.2 Å². The van der Waals surface area contributed by atoms with Crippen molar-refractivity contribution in [1.29, 1.82) is 0 Å². The molecule has 0 saturated heterocycles. The second-order valence-corrected chi connectivity index (χ2v) is 9.82. The van der Waals surface area contributed by atoms with Gasteiger partial charge in [-0.3, -0.25) is 0 Å². The monoisotopic (exact) mass is 463 g/mol. The van der Waals surface area contributed by atoms with Crippen molar-refractivity contribution in [2.24, 2.45) is 0 Å². The lowest BCUT2D eigenvalue weighted by Crippen LogP contribution is -2.55. The van der Waals surface area contributed by atoms with Crippen molar-refractivity contribution in [3.05, 3.63) is 41.9 Å². The number of para-hydroxylation sites is 1. The van der Waals surface area contributed by atoms with E-state index in [0.29, 0.717) is 15.7 Å². The molecule has 1 aromatic carbocycles. The van der Waals surface area contributed by atoms with Crippen LogP contribution in [0, 0.1) is 0 Å². The van der Waals surface area contributed by atoms with E-state index in [1.807, 2.05) is 6.07 Å². The van der Waals surface area contributed by atoms with Crippen LogP contribution in [0.15, 0.2) is 41.9 Å². The van der Waals surface area contributed by atoms with Crippen molar-refractivity contribution in [3.63, 3.8) is 0 Å². The predicted octanol–water partition coefficient (Wildman–Crippen LogP) is 4.91. The zero-order valence-electron chi connectivity index (χ0n) is 19.1. The average Bonchev–Trinajstić information content (AvgIpc) is 3.16. The number of carbonyl (C=O) groups excluding carboxylic acids is 2. The van der Waals surface area contributed by atoms with Crippen LogP contribution in [0.2, 0.25) is 0 Å². The van der Waals surface area contributed by atoms with E-state index in [1.54, 1.807) is 82.3 Å². The molecule has 0 fully saturated rings. The molecule has 1 aromatic heterocycles. The van der Waals surface area contributed by atoms with Gasteiger partial charge in [-0.15, -0.1) is 11.3 Å². The number of rotatable bonds is 6. The van der Waals surface area contributed by atoms with E-state index in [0.717, 1.165) is 0 Å². The van der Waals surface area contributed by atoms with Crippen LogP contribution >= 0.6 is 11.3 Å². The van der Waals surface area contributed by atoms with Crippen LogP contribution in [0.4, 0.5) is 20.4 Å². The van der Waals surface area contributed by atoms with Gasteiger partial charge in [0.25, 0.3) is 0 Å². The number of carboxylic acids is 1. The summed E-state index contributed by atoms with van der Waals surface area (Å²) in [5.41, 5.74) is -1.24. The SMILES string of the molecule is CC(C)(C)OC(=O)N(C(=O)OC(C)(C)C)C(CN(c1ccccc1)c1nccs1)C(=O)O. The number of benzene rings is 1. The molecule has 174 valence electrons. The van der Waals surface area contributed by atoms with Crippen LogP contribution in [-0.2, 0) is 14.3 Å². The van der Waals surface area contributed by atoms with Crippen molar-refractivity contribution in [2.75, 3.05) is 11.4 Å². The molecule has 1 N–H and O–H groups in total. The van der Waals surface area contributed by atoms with Crippen LogP contribution in [0.1, 0.15) is 41.5 Å². The highest BCUT2D eigenvalue weighted by atomic mass is 32.1. The first kappa shape index (κ1) is 25.1. The zero-order chi connectivity index (χ0) is 24.1. The Balaban J connectivity index is 2.49. The van der Waals surface area contributed by atoms with Gasteiger partial charge < -0.3 is 19.5 Å². The molecule has 0 radical (unpaired) electrons. The van der Waals surface area contributed by atoms with E-state index >= 15 is 0 Å². The minimum absolute atomic E-state index is 0.259. The Morgan fingerprint density at radius 3 is 1.94 bits per heavy atom. The van der Waals surface area contributed by atoms with E-state index in [9.17, 15) is 19.5 Å². The van der Waals surface area contributed by atoms with Crippen LogP contribution in [-0.4, -0.2) is 56.9 Å². The van der Waals surface area contributed by atoms with Crippen LogP contribution in [0.5, 0.6) is 0 Å². The number of thiazole rings is 1. The second-order valence-electron chi connectivity index (χ2n) is 8.95. The van der Waals surface area contributed by atoms with Gasteiger partial charge in [-0.25, -0.2) is 19.4 Å². The summed E-state index contributed by atoms with van der Waals surface area (Å²) in [6.45, 7) is 9.49. The van der Waals surface area contributed by atoms with Gasteiger partial charge in [-0.05, 0) is 53.7 Å². The molecule has 2 rings (SSSR count). The maximum Gasteiger partial charge on any atom is 0.420 e. The third kappa shape index (κ3) is 7.23. The number of amides is 2. The zero-order valence-corrected chi connectivity index (χ0v) is 19.9. The molecular weight excluding hydrogens is 434 g/mol. The Hall–Kier alpha value is -3.14. The van der Waals surface area contributed by atoms with Gasteiger partial charge in [-0.2, -0.15) is 4.90 Å². The number of carboxylic acid groups (broad SMARTS) is 1. The first-order valence-electron chi connectivity index (χ1n) is 9.98. The Morgan fingerprint density at radius 1 is 1.00 bits per heavy atom. The van der Waals surface area contributed by atoms with E-state index in [2.05, 4.69) is 4.98 Å². The normalized spacial score (nSPS) is 12.6. The molecule has 10 heteroatoms. The Bertz CT molecular complexity index is 891. The summed E-state index contributed by atoms with van der Waals surface area (Å²) < 4.78 is 10.7. The quantitative estimate of drug-likeness (QED) is 0.644. The van der Waals surface area contributed by atoms with Gasteiger partial charge >= 0.3 is 18.2 Å². The van der Waals surface area contributed by atoms with Gasteiger partial charge in [0.05, 0.1) is 6.54 Å². The highest BCUT2D eigenvalue weighted by Crippen LogP contribution is 2.28. The Morgan fingerprint density at radius 2 is 1.53 bits per heavy atom. The van der Waals surface area contributed by atoms with E-state index in [4.69, 9.17) is 9.47 Å². The number of nitrogens with zero attached hydrogens (tertiary/aromatic N) is 3. The van der Waals surface area contributed by atoms with E-state index in [-0.39, 0.29) is 6.54 Å². The molecule has 2 amide bonds. The first-order chi connectivity index (χ1) is 14.8. The molecule has 0 aliphatic rings. The summed E-state index contributed by atoms with van der Waals surface area (Å²) in [4.78, 5) is 44.6. The summed E-state index contributed by atoms with van der Waals surface area (Å²) in [5, 5.41) is 12.3. The Kier molecular flexibility index (Phi) is 7.84. The van der Waals surface area contributed by atoms with Crippen molar-refractivity contribution in [2.45, 2.75) is 58.8 Å². The molecule has 0 bridgehead atoms. The van der Waals surface area contributed by atoms with Crippen molar-refractivity contribution in [1.82, 2.24) is 9.88 Å². The standard InChI is InChI=1S/C22H29N3O6S/c1-21(2,3)30-19(28)25(20(29)31-22(4,5)6)16(17(26)27)14-24(18-23-12-13-32-18)15-10-8-7-9-11-15/h7-13,16H,14H2,1-6H3,(H,26,27). The number of imide groups is 1. The summed E-state index contributed by atoms with van der Waals surface area (Å²) >= 11 is 1.30. The Labute approximate surface area is 191 Å². The molecule has 0 aliphatic carbocycles. The summed E-state index contributed by atoms with van der Waals surface area (Å²) in [5.74, 6) is -1.39. The summed E-state index contributed by atoms with van der Waals surface area (Å²) in [6.07, 6.45) is -0.622. The van der Waals surface area contributed by atoms with Gasteiger partial charge in [0.2, 0.25) is 0 Å². The maximum absolute atomic E-state index is 12.9. The largest absolute Gasteiger partial charge is 0.480 e. The molecule has 32 heavy (non-hydrogen) atoms. The smallest absolute Gasteiger partial charge is 0.420 e. The molecule has 1 atom stereocenters. The number of aliphatic carboxylic acids is 1. The second kappa shape index (κ2) is 9.99. The topological polar surface area (TPSA) is 109 Å². The summed E-state index contributed by atoms with van der Waals surface area (Å²) in [7, 11) is 0. The molecule has 2 aromatic rings. The van der Waals surface area contributed by atoms with Crippen molar-refractivity contribution in [3.8, 4) is 0 Å². The van der Waals surface area contributed by atoms with Gasteiger partial charge in [-0.1, -0.05) is 18.2 Å². The molecular formula is C22H29N3O6S. The highest BCUT2D eigenvalue weighted by Gasteiger charge is 2.41. The predicted molar refractivity (Wildman–Crippen MR) is 121 cm³/mol. The lowest BCUT2D eigenvalue weighted by atomic mass is 10.2. The molecule has 0 aliphatic heterocycles. The molecule has 0 spiro atoms. The fraction of sp³-hybridized carbons (Fsp3) is 0.455. The molecule has 9 nitrogen and oxygen atoms in total. The van der Waals surface area contributed by atoms with E-state index in [1.165, 1.54) is 11.3 Å². The summed E-state index contributed by atoms with van der Waals surface area (Å²) in [6, 6.07) is 7.38.